The number of hydrogen-bond acceptors (Lipinski definition) is 3. The summed E-state index contributed by atoms with van der Waals surface area (Å²) in [4.78, 5) is 12.0. The first kappa shape index (κ1) is 18.5. The molecule has 0 spiro atoms. The zero-order valence-electron chi connectivity index (χ0n) is 13.0. The van der Waals surface area contributed by atoms with E-state index in [1.54, 1.807) is 6.07 Å². The van der Waals surface area contributed by atoms with Gasteiger partial charge in [-0.2, -0.15) is 0 Å². The number of carbonyl (C=O) groups is 1. The van der Waals surface area contributed by atoms with Crippen LogP contribution in [0.4, 0.5) is 8.78 Å². The third-order valence-electron chi connectivity index (χ3n) is 3.22. The second-order valence-electron chi connectivity index (χ2n) is 5.00. The first-order chi connectivity index (χ1) is 11.8. The molecule has 0 aliphatic rings. The summed E-state index contributed by atoms with van der Waals surface area (Å²) >= 11 is 5.87. The average Bonchev–Trinajstić information content (AvgIpc) is 3.03. The lowest BCUT2D eigenvalue weighted by Gasteiger charge is -2.06. The largest absolute Gasteiger partial charge is 0.508 e. The van der Waals surface area contributed by atoms with E-state index in [0.29, 0.717) is 16.3 Å². The minimum Gasteiger partial charge on any atom is -0.508 e. The number of benzene rings is 1. The number of carbonyl (C=O) groups excluding carboxylic acids is 1. The summed E-state index contributed by atoms with van der Waals surface area (Å²) in [6.45, 7) is 6.11. The van der Waals surface area contributed by atoms with Gasteiger partial charge in [0.25, 0.3) is 5.91 Å². The highest BCUT2D eigenvalue weighted by molar-refractivity contribution is 6.30. The van der Waals surface area contributed by atoms with Gasteiger partial charge in [-0.05, 0) is 36.4 Å². The molecule has 1 aromatic heterocycles. The molecule has 0 saturated carbocycles. The van der Waals surface area contributed by atoms with E-state index in [1.807, 2.05) is 5.32 Å². The van der Waals surface area contributed by atoms with E-state index in [2.05, 4.69) is 13.2 Å². The predicted octanol–water partition coefficient (Wildman–Crippen LogP) is 4.81. The Hall–Kier alpha value is -2.86. The molecule has 0 fully saturated rings. The highest BCUT2D eigenvalue weighted by Gasteiger charge is 2.17. The van der Waals surface area contributed by atoms with Gasteiger partial charge in [-0.25, -0.2) is 8.78 Å². The van der Waals surface area contributed by atoms with Crippen LogP contribution in [-0.4, -0.2) is 11.0 Å². The van der Waals surface area contributed by atoms with Crippen LogP contribution < -0.4 is 5.32 Å². The number of furan rings is 1. The maximum absolute atomic E-state index is 13.5. The normalized spacial score (nSPS) is 11.6. The van der Waals surface area contributed by atoms with Crippen LogP contribution in [0.2, 0.25) is 5.02 Å². The van der Waals surface area contributed by atoms with Crippen molar-refractivity contribution in [1.82, 2.24) is 5.32 Å². The minimum absolute atomic E-state index is 0.0267. The monoisotopic (exact) mass is 365 g/mol. The van der Waals surface area contributed by atoms with Crippen molar-refractivity contribution in [3.63, 3.8) is 0 Å². The van der Waals surface area contributed by atoms with Gasteiger partial charge in [-0.3, -0.25) is 4.79 Å². The Morgan fingerprint density at radius 3 is 2.68 bits per heavy atom. The second-order valence-corrected chi connectivity index (χ2v) is 5.44. The van der Waals surface area contributed by atoms with E-state index in [4.69, 9.17) is 16.0 Å². The van der Waals surface area contributed by atoms with E-state index in [0.717, 1.165) is 6.08 Å². The molecule has 0 unspecified atom stereocenters. The summed E-state index contributed by atoms with van der Waals surface area (Å²) < 4.78 is 32.1. The SMILES string of the molecule is C=C/C(F)=C(/NC(=O)c1ccc(Cc2cc(Cl)ccc2O)o1)C(=C)F. The molecule has 0 bridgehead atoms. The van der Waals surface area contributed by atoms with Crippen LogP contribution >= 0.6 is 11.6 Å². The molecule has 25 heavy (non-hydrogen) atoms. The fourth-order valence-electron chi connectivity index (χ4n) is 2.01. The lowest BCUT2D eigenvalue weighted by Crippen LogP contribution is -2.23. The van der Waals surface area contributed by atoms with Crippen LogP contribution in [0.15, 0.2) is 71.3 Å². The molecule has 4 nitrogen and oxygen atoms in total. The van der Waals surface area contributed by atoms with Gasteiger partial charge >= 0.3 is 0 Å². The Bertz CT molecular complexity index is 871. The van der Waals surface area contributed by atoms with Crippen molar-refractivity contribution in [2.45, 2.75) is 6.42 Å². The zero-order chi connectivity index (χ0) is 18.6. The molecule has 1 aromatic carbocycles. The molecule has 0 saturated heterocycles. The molecule has 1 heterocycles. The molecule has 0 radical (unpaired) electrons. The number of rotatable bonds is 6. The molecular formula is C18H14ClF2NO3. The highest BCUT2D eigenvalue weighted by Crippen LogP contribution is 2.25. The Kier molecular flexibility index (Phi) is 5.77. The van der Waals surface area contributed by atoms with E-state index < -0.39 is 23.3 Å². The zero-order valence-corrected chi connectivity index (χ0v) is 13.7. The number of aromatic hydroxyl groups is 1. The number of halogens is 3. The van der Waals surface area contributed by atoms with Crippen LogP contribution in [0.5, 0.6) is 5.75 Å². The van der Waals surface area contributed by atoms with Gasteiger partial charge in [-0.1, -0.05) is 24.8 Å². The predicted molar refractivity (Wildman–Crippen MR) is 90.7 cm³/mol. The van der Waals surface area contributed by atoms with E-state index in [9.17, 15) is 18.7 Å². The van der Waals surface area contributed by atoms with Crippen LogP contribution in [-0.2, 0) is 6.42 Å². The first-order valence-corrected chi connectivity index (χ1v) is 7.44. The number of hydrogen-bond donors (Lipinski definition) is 2. The molecule has 1 amide bonds. The topological polar surface area (TPSA) is 62.5 Å². The van der Waals surface area contributed by atoms with Crippen molar-refractivity contribution in [1.29, 1.82) is 0 Å². The fourth-order valence-corrected chi connectivity index (χ4v) is 2.21. The lowest BCUT2D eigenvalue weighted by atomic mass is 10.1. The van der Waals surface area contributed by atoms with Gasteiger partial charge in [-0.15, -0.1) is 0 Å². The summed E-state index contributed by atoms with van der Waals surface area (Å²) in [7, 11) is 0. The van der Waals surface area contributed by atoms with Gasteiger partial charge in [0.05, 0.1) is 0 Å². The Balaban J connectivity index is 2.18. The number of nitrogens with one attached hydrogen (secondary N) is 1. The van der Waals surface area contributed by atoms with Crippen molar-refractivity contribution < 1.29 is 23.1 Å². The standard InChI is InChI=1S/C18H14ClF2NO3/c1-3-14(21)17(10(2)20)22-18(24)16-7-5-13(25-16)9-11-8-12(19)4-6-15(11)23/h3-8,23H,1-2,9H2,(H,22,24)/b17-14-. The minimum atomic E-state index is -1.15. The van der Waals surface area contributed by atoms with Crippen molar-refractivity contribution in [3.05, 3.63) is 89.0 Å². The van der Waals surface area contributed by atoms with Crippen molar-refractivity contribution in [2.75, 3.05) is 0 Å². The maximum Gasteiger partial charge on any atom is 0.291 e. The van der Waals surface area contributed by atoms with E-state index >= 15 is 0 Å². The van der Waals surface area contributed by atoms with Crippen molar-refractivity contribution in [2.24, 2.45) is 0 Å². The van der Waals surface area contributed by atoms with Gasteiger partial charge in [0.1, 0.15) is 28.9 Å². The molecule has 0 atom stereocenters. The smallest absolute Gasteiger partial charge is 0.291 e. The molecule has 0 aliphatic heterocycles. The molecule has 7 heteroatoms. The van der Waals surface area contributed by atoms with Crippen molar-refractivity contribution in [3.8, 4) is 5.75 Å². The Morgan fingerprint density at radius 2 is 2.04 bits per heavy atom. The quantitative estimate of drug-likeness (QED) is 0.722. The third-order valence-corrected chi connectivity index (χ3v) is 3.45. The van der Waals surface area contributed by atoms with Gasteiger partial charge in [0, 0.05) is 17.0 Å². The Labute approximate surface area is 147 Å². The summed E-state index contributed by atoms with van der Waals surface area (Å²) in [6.07, 6.45) is 0.926. The van der Waals surface area contributed by atoms with Gasteiger partial charge in [0.2, 0.25) is 0 Å². The molecule has 2 aromatic rings. The van der Waals surface area contributed by atoms with E-state index in [-0.39, 0.29) is 17.9 Å². The molecule has 130 valence electrons. The van der Waals surface area contributed by atoms with E-state index in [1.165, 1.54) is 24.3 Å². The number of allylic oxidation sites excluding steroid dienone is 3. The van der Waals surface area contributed by atoms with Gasteiger partial charge < -0.3 is 14.8 Å². The third kappa shape index (κ3) is 4.58. The summed E-state index contributed by atoms with van der Waals surface area (Å²) in [5, 5.41) is 12.3. The molecule has 0 aliphatic carbocycles. The number of phenols is 1. The highest BCUT2D eigenvalue weighted by atomic mass is 35.5. The number of phenolic OH excluding ortho intramolecular Hbond substituents is 1. The summed E-state index contributed by atoms with van der Waals surface area (Å²) in [5.41, 5.74) is -0.213. The van der Waals surface area contributed by atoms with Crippen molar-refractivity contribution >= 4 is 17.5 Å². The summed E-state index contributed by atoms with van der Waals surface area (Å²) in [5.74, 6) is -2.84. The van der Waals surface area contributed by atoms with Crippen LogP contribution in [0.25, 0.3) is 0 Å². The first-order valence-electron chi connectivity index (χ1n) is 7.06. The summed E-state index contributed by atoms with van der Waals surface area (Å²) in [6, 6.07) is 7.39. The average molecular weight is 366 g/mol. The lowest BCUT2D eigenvalue weighted by molar-refractivity contribution is 0.0935. The Morgan fingerprint density at radius 1 is 1.32 bits per heavy atom. The van der Waals surface area contributed by atoms with Crippen LogP contribution in [0.3, 0.4) is 0 Å². The fraction of sp³-hybridized carbons (Fsp3) is 0.0556. The van der Waals surface area contributed by atoms with Crippen LogP contribution in [0, 0.1) is 0 Å². The number of amides is 1. The van der Waals surface area contributed by atoms with Gasteiger partial charge in [0.15, 0.2) is 5.76 Å². The maximum atomic E-state index is 13.5. The van der Waals surface area contributed by atoms with Crippen LogP contribution in [0.1, 0.15) is 21.9 Å². The molecule has 2 rings (SSSR count). The second kappa shape index (κ2) is 7.81. The molecule has 2 N–H and O–H groups in total. The molecular weight excluding hydrogens is 352 g/mol.